The van der Waals surface area contributed by atoms with Crippen molar-refractivity contribution in [3.63, 3.8) is 0 Å². The van der Waals surface area contributed by atoms with E-state index in [0.29, 0.717) is 16.6 Å². The number of amides is 1. The Morgan fingerprint density at radius 2 is 1.92 bits per heavy atom. The van der Waals surface area contributed by atoms with Crippen LogP contribution in [-0.4, -0.2) is 16.9 Å². The number of aromatic nitrogens is 1. The molecule has 0 bridgehead atoms. The van der Waals surface area contributed by atoms with Gasteiger partial charge in [-0.3, -0.25) is 4.79 Å². The first-order valence-corrected chi connectivity index (χ1v) is 8.84. The lowest BCUT2D eigenvalue weighted by atomic mass is 9.71. The van der Waals surface area contributed by atoms with E-state index >= 15 is 0 Å². The number of carbonyl (C=O) groups excluding carboxylic acids is 1. The van der Waals surface area contributed by atoms with Crippen LogP contribution in [0.15, 0.2) is 42.6 Å². The maximum Gasteiger partial charge on any atom is 0.252 e. The van der Waals surface area contributed by atoms with Crippen molar-refractivity contribution in [2.45, 2.75) is 43.7 Å². The van der Waals surface area contributed by atoms with Crippen molar-refractivity contribution in [1.82, 2.24) is 10.3 Å². The van der Waals surface area contributed by atoms with E-state index in [9.17, 15) is 4.79 Å². The third-order valence-electron chi connectivity index (χ3n) is 4.91. The van der Waals surface area contributed by atoms with Crippen molar-refractivity contribution in [1.29, 1.82) is 0 Å². The lowest BCUT2D eigenvalue weighted by Crippen LogP contribution is -2.50. The predicted molar refractivity (Wildman–Crippen MR) is 95.3 cm³/mol. The maximum absolute atomic E-state index is 12.8. The minimum Gasteiger partial charge on any atom is -0.367 e. The molecule has 4 rings (SSSR count). The van der Waals surface area contributed by atoms with Gasteiger partial charge in [-0.2, -0.15) is 0 Å². The van der Waals surface area contributed by atoms with Crippen LogP contribution >= 0.6 is 11.6 Å². The molecule has 1 amide bonds. The highest BCUT2D eigenvalue weighted by Crippen LogP contribution is 2.41. The van der Waals surface area contributed by atoms with E-state index in [1.54, 1.807) is 12.3 Å². The van der Waals surface area contributed by atoms with Gasteiger partial charge in [0.1, 0.15) is 5.82 Å². The lowest BCUT2D eigenvalue weighted by molar-refractivity contribution is 0.0823. The minimum absolute atomic E-state index is 0.0501. The first-order valence-electron chi connectivity index (χ1n) is 8.46. The number of hydrogen-bond donors (Lipinski definition) is 2. The first kappa shape index (κ1) is 15.5. The summed E-state index contributed by atoms with van der Waals surface area (Å²) in [5.41, 5.74) is 1.50. The van der Waals surface area contributed by atoms with Crippen molar-refractivity contribution in [3.8, 4) is 0 Å². The quantitative estimate of drug-likeness (QED) is 0.860. The van der Waals surface area contributed by atoms with Crippen molar-refractivity contribution < 1.29 is 4.79 Å². The summed E-state index contributed by atoms with van der Waals surface area (Å²) in [4.78, 5) is 17.0. The van der Waals surface area contributed by atoms with Gasteiger partial charge in [0.15, 0.2) is 0 Å². The third-order valence-corrected chi connectivity index (χ3v) is 5.16. The molecule has 1 aromatic heterocycles. The summed E-state index contributed by atoms with van der Waals surface area (Å²) in [5, 5.41) is 7.29. The Hall–Kier alpha value is -2.07. The molecule has 24 heavy (non-hydrogen) atoms. The van der Waals surface area contributed by atoms with Crippen LogP contribution in [0.25, 0.3) is 0 Å². The molecule has 4 nitrogen and oxygen atoms in total. The highest BCUT2D eigenvalue weighted by molar-refractivity contribution is 6.30. The van der Waals surface area contributed by atoms with E-state index in [2.05, 4.69) is 15.6 Å². The highest BCUT2D eigenvalue weighted by Gasteiger charge is 2.40. The number of nitrogens with zero attached hydrogens (tertiary/aromatic N) is 1. The minimum atomic E-state index is -0.269. The molecule has 2 saturated carbocycles. The van der Waals surface area contributed by atoms with Crippen LogP contribution in [-0.2, 0) is 5.54 Å². The normalized spacial score (nSPS) is 18.5. The molecule has 0 radical (unpaired) electrons. The Labute approximate surface area is 146 Å². The average molecular weight is 342 g/mol. The van der Waals surface area contributed by atoms with Gasteiger partial charge < -0.3 is 10.6 Å². The Kier molecular flexibility index (Phi) is 3.93. The second-order valence-electron chi connectivity index (χ2n) is 6.75. The second-order valence-corrected chi connectivity index (χ2v) is 7.18. The average Bonchev–Trinajstić information content (AvgIpc) is 3.36. The monoisotopic (exact) mass is 341 g/mol. The molecule has 1 aromatic carbocycles. The molecule has 124 valence electrons. The molecule has 5 heteroatoms. The second kappa shape index (κ2) is 6.10. The molecule has 2 N–H and O–H groups in total. The molecular formula is C19H20ClN3O. The zero-order valence-electron chi connectivity index (χ0n) is 13.4. The van der Waals surface area contributed by atoms with Gasteiger partial charge in [0.2, 0.25) is 0 Å². The molecule has 1 heterocycles. The molecule has 2 fully saturated rings. The summed E-state index contributed by atoms with van der Waals surface area (Å²) in [6, 6.07) is 11.9. The Morgan fingerprint density at radius 3 is 2.54 bits per heavy atom. The first-order chi connectivity index (χ1) is 11.6. The molecule has 0 saturated heterocycles. The van der Waals surface area contributed by atoms with Gasteiger partial charge in [-0.1, -0.05) is 23.7 Å². The molecular weight excluding hydrogens is 322 g/mol. The van der Waals surface area contributed by atoms with Gasteiger partial charge in [-0.25, -0.2) is 4.98 Å². The van der Waals surface area contributed by atoms with Crippen LogP contribution in [0, 0.1) is 0 Å². The zero-order chi connectivity index (χ0) is 16.6. The van der Waals surface area contributed by atoms with Crippen LogP contribution in [0.2, 0.25) is 5.02 Å². The topological polar surface area (TPSA) is 54.0 Å². The molecule has 2 aliphatic rings. The molecule has 0 aliphatic heterocycles. The lowest BCUT2D eigenvalue weighted by Gasteiger charge is -2.43. The highest BCUT2D eigenvalue weighted by atomic mass is 35.5. The van der Waals surface area contributed by atoms with Crippen LogP contribution in [0.4, 0.5) is 5.82 Å². The van der Waals surface area contributed by atoms with Gasteiger partial charge in [-0.05, 0) is 61.9 Å². The Bertz CT molecular complexity index is 751. The summed E-state index contributed by atoms with van der Waals surface area (Å²) in [7, 11) is 0. The Morgan fingerprint density at radius 1 is 1.17 bits per heavy atom. The third kappa shape index (κ3) is 3.11. The molecule has 2 aliphatic carbocycles. The maximum atomic E-state index is 12.8. The number of nitrogens with one attached hydrogen (secondary N) is 2. The van der Waals surface area contributed by atoms with Crippen LogP contribution in [0.3, 0.4) is 0 Å². The summed E-state index contributed by atoms with van der Waals surface area (Å²) in [6.07, 6.45) is 7.08. The van der Waals surface area contributed by atoms with Gasteiger partial charge in [-0.15, -0.1) is 0 Å². The van der Waals surface area contributed by atoms with E-state index in [4.69, 9.17) is 11.6 Å². The van der Waals surface area contributed by atoms with Gasteiger partial charge in [0.25, 0.3) is 5.91 Å². The standard InChI is InChI=1S/C19H20ClN3O/c20-15-4-2-14(3-5-15)19(9-1-10-19)23-18(24)13-8-11-21-17(12-13)22-16-6-7-16/h2-5,8,11-12,16H,1,6-7,9-10H2,(H,21,22)(H,23,24). The summed E-state index contributed by atoms with van der Waals surface area (Å²) >= 11 is 5.99. The zero-order valence-corrected chi connectivity index (χ0v) is 14.1. The fraction of sp³-hybridized carbons (Fsp3) is 0.368. The van der Waals surface area contributed by atoms with Crippen molar-refractivity contribution >= 4 is 23.3 Å². The van der Waals surface area contributed by atoms with Crippen molar-refractivity contribution in [3.05, 3.63) is 58.7 Å². The molecule has 2 aromatic rings. The summed E-state index contributed by atoms with van der Waals surface area (Å²) < 4.78 is 0. The number of benzene rings is 1. The Balaban J connectivity index is 1.52. The van der Waals surface area contributed by atoms with Crippen molar-refractivity contribution in [2.75, 3.05) is 5.32 Å². The summed E-state index contributed by atoms with van der Waals surface area (Å²) in [5.74, 6) is 0.727. The number of pyridine rings is 1. The van der Waals surface area contributed by atoms with Gasteiger partial charge in [0.05, 0.1) is 5.54 Å². The fourth-order valence-corrected chi connectivity index (χ4v) is 3.29. The molecule has 0 spiro atoms. The smallest absolute Gasteiger partial charge is 0.252 e. The largest absolute Gasteiger partial charge is 0.367 e. The van der Waals surface area contributed by atoms with Crippen LogP contribution < -0.4 is 10.6 Å². The summed E-state index contributed by atoms with van der Waals surface area (Å²) in [6.45, 7) is 0. The van der Waals surface area contributed by atoms with Gasteiger partial charge in [0, 0.05) is 22.8 Å². The molecule has 0 atom stereocenters. The number of hydrogen-bond acceptors (Lipinski definition) is 3. The van der Waals surface area contributed by atoms with Gasteiger partial charge >= 0.3 is 0 Å². The van der Waals surface area contributed by atoms with E-state index < -0.39 is 0 Å². The number of halogens is 1. The van der Waals surface area contributed by atoms with E-state index in [1.165, 1.54) is 12.8 Å². The predicted octanol–water partition coefficient (Wildman–Crippen LogP) is 4.12. The van der Waals surface area contributed by atoms with Crippen LogP contribution in [0.5, 0.6) is 0 Å². The SMILES string of the molecule is O=C(NC1(c2ccc(Cl)cc2)CCC1)c1ccnc(NC2CC2)c1. The van der Waals surface area contributed by atoms with Crippen LogP contribution in [0.1, 0.15) is 48.0 Å². The van der Waals surface area contributed by atoms with E-state index in [1.807, 2.05) is 30.3 Å². The van der Waals surface area contributed by atoms with Crippen molar-refractivity contribution in [2.24, 2.45) is 0 Å². The fourth-order valence-electron chi connectivity index (χ4n) is 3.16. The van der Waals surface area contributed by atoms with E-state index in [0.717, 1.165) is 30.6 Å². The number of carbonyl (C=O) groups is 1. The molecule has 0 unspecified atom stereocenters. The number of rotatable bonds is 5. The van der Waals surface area contributed by atoms with E-state index in [-0.39, 0.29) is 11.4 Å². The number of anilines is 1.